The highest BCUT2D eigenvalue weighted by atomic mass is 19.1. The van der Waals surface area contributed by atoms with Crippen LogP contribution in [-0.2, 0) is 11.2 Å². The van der Waals surface area contributed by atoms with Crippen LogP contribution in [0.1, 0.15) is 36.8 Å². The Morgan fingerprint density at radius 1 is 1.18 bits per heavy atom. The molecule has 116 valence electrons. The first-order valence-corrected chi connectivity index (χ1v) is 7.22. The van der Waals surface area contributed by atoms with Crippen LogP contribution in [0.5, 0.6) is 0 Å². The van der Waals surface area contributed by atoms with Gasteiger partial charge in [0.1, 0.15) is 11.9 Å². The summed E-state index contributed by atoms with van der Waals surface area (Å²) in [6.07, 6.45) is -0.263. The van der Waals surface area contributed by atoms with Crippen LogP contribution >= 0.6 is 0 Å². The van der Waals surface area contributed by atoms with Gasteiger partial charge in [0.25, 0.3) is 5.56 Å². The van der Waals surface area contributed by atoms with Gasteiger partial charge in [-0.1, -0.05) is 26.0 Å². The Morgan fingerprint density at radius 2 is 1.86 bits per heavy atom. The Bertz CT molecular complexity index is 792. The van der Waals surface area contributed by atoms with Gasteiger partial charge in [-0.15, -0.1) is 0 Å². The summed E-state index contributed by atoms with van der Waals surface area (Å²) in [5.41, 5.74) is 0.683. The molecule has 2 atom stereocenters. The minimum Gasteiger partial charge on any atom is -0.365 e. The van der Waals surface area contributed by atoms with E-state index in [2.05, 4.69) is 9.97 Å². The van der Waals surface area contributed by atoms with Crippen LogP contribution in [0, 0.1) is 11.7 Å². The normalized spacial score (nSPS) is 20.9. The number of benzene rings is 1. The molecular formula is C16H17FN2O3. The van der Waals surface area contributed by atoms with Crippen molar-refractivity contribution in [2.75, 3.05) is 0 Å². The van der Waals surface area contributed by atoms with E-state index in [0.717, 1.165) is 0 Å². The second kappa shape index (κ2) is 5.53. The average molecular weight is 304 g/mol. The number of fused-ring (bicyclic) bond motifs is 1. The summed E-state index contributed by atoms with van der Waals surface area (Å²) in [4.78, 5) is 28.6. The van der Waals surface area contributed by atoms with Crippen LogP contribution in [-0.4, -0.2) is 16.1 Å². The molecular weight excluding hydrogens is 287 g/mol. The van der Waals surface area contributed by atoms with Gasteiger partial charge >= 0.3 is 5.69 Å². The number of aromatic amines is 2. The first-order chi connectivity index (χ1) is 10.5. The molecule has 6 heteroatoms. The number of halogens is 1. The lowest BCUT2D eigenvalue weighted by molar-refractivity contribution is -0.0312. The quantitative estimate of drug-likeness (QED) is 0.889. The number of H-pyrrole nitrogens is 2. The van der Waals surface area contributed by atoms with Gasteiger partial charge in [0.2, 0.25) is 0 Å². The molecule has 0 saturated carbocycles. The molecule has 2 heterocycles. The fourth-order valence-electron chi connectivity index (χ4n) is 2.75. The summed E-state index contributed by atoms with van der Waals surface area (Å²) in [7, 11) is 0. The molecule has 1 aromatic carbocycles. The number of ether oxygens (including phenoxy) is 1. The molecule has 3 rings (SSSR count). The molecule has 0 fully saturated rings. The zero-order valence-corrected chi connectivity index (χ0v) is 12.4. The third-order valence-corrected chi connectivity index (χ3v) is 3.96. The van der Waals surface area contributed by atoms with Crippen molar-refractivity contribution in [3.63, 3.8) is 0 Å². The highest BCUT2D eigenvalue weighted by Gasteiger charge is 2.33. The van der Waals surface area contributed by atoms with Crippen LogP contribution < -0.4 is 11.2 Å². The van der Waals surface area contributed by atoms with Crippen molar-refractivity contribution in [1.82, 2.24) is 9.97 Å². The summed E-state index contributed by atoms with van der Waals surface area (Å²) < 4.78 is 19.2. The lowest BCUT2D eigenvalue weighted by atomic mass is 9.91. The van der Waals surface area contributed by atoms with Gasteiger partial charge in [0.15, 0.2) is 0 Å². The third kappa shape index (κ3) is 2.62. The summed E-state index contributed by atoms with van der Waals surface area (Å²) in [5.74, 6) is -0.130. The molecule has 5 nitrogen and oxygen atoms in total. The van der Waals surface area contributed by atoms with Gasteiger partial charge in [-0.3, -0.25) is 9.78 Å². The molecule has 0 spiro atoms. The van der Waals surface area contributed by atoms with Crippen molar-refractivity contribution < 1.29 is 9.13 Å². The van der Waals surface area contributed by atoms with Gasteiger partial charge in [-0.05, 0) is 23.6 Å². The van der Waals surface area contributed by atoms with Crippen molar-refractivity contribution in [1.29, 1.82) is 0 Å². The van der Waals surface area contributed by atoms with Gasteiger partial charge in [-0.25, -0.2) is 9.18 Å². The van der Waals surface area contributed by atoms with Gasteiger partial charge in [0, 0.05) is 12.1 Å². The van der Waals surface area contributed by atoms with Crippen molar-refractivity contribution in [3.8, 4) is 0 Å². The highest BCUT2D eigenvalue weighted by Crippen LogP contribution is 2.34. The smallest absolute Gasteiger partial charge is 0.325 e. The van der Waals surface area contributed by atoms with E-state index in [1.54, 1.807) is 12.1 Å². The van der Waals surface area contributed by atoms with E-state index >= 15 is 0 Å². The number of hydrogen-bond acceptors (Lipinski definition) is 3. The Labute approximate surface area is 126 Å². The van der Waals surface area contributed by atoms with E-state index in [0.29, 0.717) is 23.2 Å². The summed E-state index contributed by atoms with van der Waals surface area (Å²) in [6.45, 7) is 4.03. The Hall–Kier alpha value is -2.21. The lowest BCUT2D eigenvalue weighted by Crippen LogP contribution is -2.39. The second-order valence-corrected chi connectivity index (χ2v) is 5.85. The molecule has 0 radical (unpaired) electrons. The lowest BCUT2D eigenvalue weighted by Gasteiger charge is -2.33. The van der Waals surface area contributed by atoms with Crippen LogP contribution in [0.25, 0.3) is 0 Å². The van der Waals surface area contributed by atoms with E-state index in [1.165, 1.54) is 12.1 Å². The largest absolute Gasteiger partial charge is 0.365 e. The fraction of sp³-hybridized carbons (Fsp3) is 0.375. The molecule has 1 aliphatic rings. The van der Waals surface area contributed by atoms with Gasteiger partial charge < -0.3 is 9.72 Å². The first kappa shape index (κ1) is 14.7. The SMILES string of the molecule is CC(C)[C@@H]1Cc2[nH]c(=O)[nH]c(=O)c2[C@H](c2ccc(F)cc2)O1. The molecule has 0 amide bonds. The minimum atomic E-state index is -0.614. The predicted octanol–water partition coefficient (Wildman–Crippen LogP) is 1.89. The molecule has 0 aliphatic carbocycles. The number of rotatable bonds is 2. The molecule has 0 unspecified atom stereocenters. The Balaban J connectivity index is 2.15. The Morgan fingerprint density at radius 3 is 2.50 bits per heavy atom. The molecule has 0 bridgehead atoms. The zero-order valence-electron chi connectivity index (χ0n) is 12.4. The van der Waals surface area contributed by atoms with Crippen molar-refractivity contribution in [2.45, 2.75) is 32.5 Å². The molecule has 2 N–H and O–H groups in total. The molecule has 1 aliphatic heterocycles. The van der Waals surface area contributed by atoms with Crippen molar-refractivity contribution >= 4 is 0 Å². The maximum absolute atomic E-state index is 13.1. The van der Waals surface area contributed by atoms with E-state index < -0.39 is 17.4 Å². The summed E-state index contributed by atoms with van der Waals surface area (Å²) in [5, 5.41) is 0. The number of aromatic nitrogens is 2. The topological polar surface area (TPSA) is 75.0 Å². The van der Waals surface area contributed by atoms with Gasteiger partial charge in [-0.2, -0.15) is 0 Å². The van der Waals surface area contributed by atoms with Crippen LogP contribution in [0.4, 0.5) is 4.39 Å². The van der Waals surface area contributed by atoms with E-state index in [4.69, 9.17) is 4.74 Å². The Kier molecular flexibility index (Phi) is 3.70. The monoisotopic (exact) mass is 304 g/mol. The number of hydrogen-bond donors (Lipinski definition) is 2. The first-order valence-electron chi connectivity index (χ1n) is 7.22. The highest BCUT2D eigenvalue weighted by molar-refractivity contribution is 5.33. The van der Waals surface area contributed by atoms with E-state index in [1.807, 2.05) is 13.8 Å². The molecule has 0 saturated heterocycles. The van der Waals surface area contributed by atoms with Crippen LogP contribution in [0.2, 0.25) is 0 Å². The van der Waals surface area contributed by atoms with E-state index in [-0.39, 0.29) is 17.8 Å². The van der Waals surface area contributed by atoms with Crippen molar-refractivity contribution in [2.24, 2.45) is 5.92 Å². The van der Waals surface area contributed by atoms with Crippen LogP contribution in [0.3, 0.4) is 0 Å². The van der Waals surface area contributed by atoms with E-state index in [9.17, 15) is 14.0 Å². The fourth-order valence-corrected chi connectivity index (χ4v) is 2.75. The van der Waals surface area contributed by atoms with Crippen molar-refractivity contribution in [3.05, 3.63) is 67.7 Å². The van der Waals surface area contributed by atoms with Gasteiger partial charge in [0.05, 0.1) is 11.7 Å². The summed E-state index contributed by atoms with van der Waals surface area (Å²) in [6, 6.07) is 5.85. The predicted molar refractivity (Wildman–Crippen MR) is 79.3 cm³/mol. The maximum atomic E-state index is 13.1. The maximum Gasteiger partial charge on any atom is 0.325 e. The minimum absolute atomic E-state index is 0.125. The summed E-state index contributed by atoms with van der Waals surface area (Å²) >= 11 is 0. The third-order valence-electron chi connectivity index (χ3n) is 3.96. The van der Waals surface area contributed by atoms with Crippen LogP contribution in [0.15, 0.2) is 33.9 Å². The number of nitrogens with one attached hydrogen (secondary N) is 2. The molecule has 2 aromatic rings. The second-order valence-electron chi connectivity index (χ2n) is 5.85. The average Bonchev–Trinajstić information content (AvgIpc) is 2.46. The zero-order chi connectivity index (χ0) is 15.9. The standard InChI is InChI=1S/C16H17FN2O3/c1-8(2)12-7-11-13(15(20)19-16(21)18-11)14(22-12)9-3-5-10(17)6-4-9/h3-6,8,12,14H,7H2,1-2H3,(H2,18,19,20,21)/t12-,14-/m0/s1. The molecule has 22 heavy (non-hydrogen) atoms. The molecule has 1 aromatic heterocycles.